The van der Waals surface area contributed by atoms with E-state index in [1.54, 1.807) is 12.4 Å². The van der Waals surface area contributed by atoms with Crippen LogP contribution in [0.4, 0.5) is 5.82 Å². The number of hydrogen-bond donors (Lipinski definition) is 1. The van der Waals surface area contributed by atoms with Crippen molar-refractivity contribution in [2.75, 3.05) is 24.6 Å². The number of ether oxygens (including phenoxy) is 1. The lowest BCUT2D eigenvalue weighted by Gasteiger charge is -2.31. The predicted molar refractivity (Wildman–Crippen MR) is 72.2 cm³/mol. The third-order valence-electron chi connectivity index (χ3n) is 2.72. The summed E-state index contributed by atoms with van der Waals surface area (Å²) in [6.07, 6.45) is 3.26. The van der Waals surface area contributed by atoms with Crippen LogP contribution in [-0.4, -0.2) is 41.6 Å². The predicted octanol–water partition coefficient (Wildman–Crippen LogP) is 0.836. The van der Waals surface area contributed by atoms with E-state index >= 15 is 0 Å². The fourth-order valence-electron chi connectivity index (χ4n) is 1.92. The average Bonchev–Trinajstić information content (AvgIpc) is 2.35. The number of hydrogen-bond acceptors (Lipinski definition) is 5. The molecule has 1 aromatic heterocycles. The van der Waals surface area contributed by atoms with Crippen LogP contribution in [-0.2, 0) is 4.79 Å². The SMILES string of the molecule is CC(C)COc1cncc(N2CC(=O)NC(C)C2)n1. The molecule has 1 fully saturated rings. The van der Waals surface area contributed by atoms with Crippen molar-refractivity contribution in [1.29, 1.82) is 0 Å². The second kappa shape index (κ2) is 5.86. The van der Waals surface area contributed by atoms with Crippen LogP contribution >= 0.6 is 0 Å². The van der Waals surface area contributed by atoms with E-state index in [9.17, 15) is 4.79 Å². The molecule has 1 aromatic rings. The molecule has 1 unspecified atom stereocenters. The third-order valence-corrected chi connectivity index (χ3v) is 2.72. The third kappa shape index (κ3) is 3.81. The van der Waals surface area contributed by atoms with Crippen molar-refractivity contribution in [2.45, 2.75) is 26.8 Å². The van der Waals surface area contributed by atoms with Gasteiger partial charge in [-0.15, -0.1) is 0 Å². The molecule has 2 heterocycles. The number of nitrogens with one attached hydrogen (secondary N) is 1. The Morgan fingerprint density at radius 1 is 1.53 bits per heavy atom. The molecule has 0 saturated carbocycles. The molecule has 1 amide bonds. The van der Waals surface area contributed by atoms with Crippen molar-refractivity contribution in [3.63, 3.8) is 0 Å². The number of carbonyl (C=O) groups excluding carboxylic acids is 1. The molecule has 104 valence electrons. The van der Waals surface area contributed by atoms with Gasteiger partial charge in [-0.1, -0.05) is 13.8 Å². The molecular weight excluding hydrogens is 244 g/mol. The van der Waals surface area contributed by atoms with E-state index in [4.69, 9.17) is 4.74 Å². The van der Waals surface area contributed by atoms with Gasteiger partial charge in [-0.25, -0.2) is 0 Å². The summed E-state index contributed by atoms with van der Waals surface area (Å²) in [6.45, 7) is 7.77. The maximum atomic E-state index is 11.5. The Labute approximate surface area is 113 Å². The van der Waals surface area contributed by atoms with Crippen LogP contribution in [0.2, 0.25) is 0 Å². The van der Waals surface area contributed by atoms with Gasteiger partial charge in [0, 0.05) is 12.6 Å². The van der Waals surface area contributed by atoms with E-state index in [1.165, 1.54) is 0 Å². The molecule has 0 aromatic carbocycles. The molecule has 1 aliphatic rings. The topological polar surface area (TPSA) is 67.3 Å². The van der Waals surface area contributed by atoms with E-state index in [-0.39, 0.29) is 11.9 Å². The molecule has 1 saturated heterocycles. The highest BCUT2D eigenvalue weighted by atomic mass is 16.5. The van der Waals surface area contributed by atoms with Crippen molar-refractivity contribution in [3.8, 4) is 5.88 Å². The average molecular weight is 264 g/mol. The Kier molecular flexibility index (Phi) is 4.19. The standard InChI is InChI=1S/C13H20N4O2/c1-9(2)8-19-13-5-14-4-11(16-13)17-6-10(3)15-12(18)7-17/h4-5,9-10H,6-8H2,1-3H3,(H,15,18). The minimum Gasteiger partial charge on any atom is -0.476 e. The van der Waals surface area contributed by atoms with Crippen molar-refractivity contribution in [1.82, 2.24) is 15.3 Å². The first-order valence-electron chi connectivity index (χ1n) is 6.53. The zero-order valence-electron chi connectivity index (χ0n) is 11.6. The smallest absolute Gasteiger partial charge is 0.239 e. The Morgan fingerprint density at radius 2 is 2.32 bits per heavy atom. The first kappa shape index (κ1) is 13.6. The van der Waals surface area contributed by atoms with E-state index < -0.39 is 0 Å². The van der Waals surface area contributed by atoms with Gasteiger partial charge in [-0.3, -0.25) is 9.78 Å². The summed E-state index contributed by atoms with van der Waals surface area (Å²) >= 11 is 0. The number of piperazine rings is 1. The highest BCUT2D eigenvalue weighted by Crippen LogP contribution is 2.16. The largest absolute Gasteiger partial charge is 0.476 e. The number of nitrogens with zero attached hydrogens (tertiary/aromatic N) is 3. The zero-order valence-corrected chi connectivity index (χ0v) is 11.6. The lowest BCUT2D eigenvalue weighted by Crippen LogP contribution is -2.53. The van der Waals surface area contributed by atoms with Crippen molar-refractivity contribution >= 4 is 11.7 Å². The highest BCUT2D eigenvalue weighted by Gasteiger charge is 2.23. The fraction of sp³-hybridized carbons (Fsp3) is 0.615. The first-order valence-corrected chi connectivity index (χ1v) is 6.53. The number of amides is 1. The molecule has 1 N–H and O–H groups in total. The molecule has 0 spiro atoms. The van der Waals surface area contributed by atoms with Crippen LogP contribution in [0.15, 0.2) is 12.4 Å². The molecule has 19 heavy (non-hydrogen) atoms. The van der Waals surface area contributed by atoms with Gasteiger partial charge < -0.3 is 15.0 Å². The summed E-state index contributed by atoms with van der Waals surface area (Å²) in [5.74, 6) is 1.63. The fourth-order valence-corrected chi connectivity index (χ4v) is 1.92. The van der Waals surface area contributed by atoms with Crippen molar-refractivity contribution in [2.24, 2.45) is 5.92 Å². The lowest BCUT2D eigenvalue weighted by atomic mass is 10.2. The van der Waals surface area contributed by atoms with Crippen LogP contribution < -0.4 is 15.0 Å². The Hall–Kier alpha value is -1.85. The van der Waals surface area contributed by atoms with E-state index in [0.29, 0.717) is 30.8 Å². The summed E-state index contributed by atoms with van der Waals surface area (Å²) in [4.78, 5) is 22.0. The van der Waals surface area contributed by atoms with Gasteiger partial charge in [-0.2, -0.15) is 4.98 Å². The molecule has 0 aliphatic carbocycles. The molecule has 6 heteroatoms. The van der Waals surface area contributed by atoms with E-state index in [0.717, 1.165) is 6.54 Å². The summed E-state index contributed by atoms with van der Waals surface area (Å²) in [7, 11) is 0. The summed E-state index contributed by atoms with van der Waals surface area (Å²) in [5.41, 5.74) is 0. The minimum atomic E-state index is 0.00838. The summed E-state index contributed by atoms with van der Waals surface area (Å²) in [6, 6.07) is 0.114. The Balaban J connectivity index is 2.07. The van der Waals surface area contributed by atoms with Crippen LogP contribution in [0.1, 0.15) is 20.8 Å². The van der Waals surface area contributed by atoms with Crippen LogP contribution in [0.5, 0.6) is 5.88 Å². The molecule has 2 rings (SSSR count). The minimum absolute atomic E-state index is 0.00838. The molecule has 0 radical (unpaired) electrons. The summed E-state index contributed by atoms with van der Waals surface area (Å²) < 4.78 is 5.55. The number of anilines is 1. The molecule has 0 bridgehead atoms. The zero-order chi connectivity index (χ0) is 13.8. The lowest BCUT2D eigenvalue weighted by molar-refractivity contribution is -0.121. The Morgan fingerprint density at radius 3 is 3.00 bits per heavy atom. The maximum absolute atomic E-state index is 11.5. The van der Waals surface area contributed by atoms with Gasteiger partial charge in [0.25, 0.3) is 0 Å². The molecule has 1 atom stereocenters. The van der Waals surface area contributed by atoms with Crippen molar-refractivity contribution < 1.29 is 9.53 Å². The van der Waals surface area contributed by atoms with Gasteiger partial charge >= 0.3 is 0 Å². The van der Waals surface area contributed by atoms with E-state index in [1.807, 2.05) is 11.8 Å². The molecular formula is C13H20N4O2. The quantitative estimate of drug-likeness (QED) is 0.872. The number of rotatable bonds is 4. The summed E-state index contributed by atoms with van der Waals surface area (Å²) in [5, 5.41) is 2.87. The first-order chi connectivity index (χ1) is 9.04. The van der Waals surface area contributed by atoms with Gasteiger partial charge in [-0.05, 0) is 12.8 Å². The number of carbonyl (C=O) groups is 1. The molecule has 6 nitrogen and oxygen atoms in total. The second-order valence-corrected chi connectivity index (χ2v) is 5.27. The second-order valence-electron chi connectivity index (χ2n) is 5.27. The monoisotopic (exact) mass is 264 g/mol. The van der Waals surface area contributed by atoms with Crippen LogP contribution in [0.25, 0.3) is 0 Å². The highest BCUT2D eigenvalue weighted by molar-refractivity contribution is 5.82. The maximum Gasteiger partial charge on any atom is 0.239 e. The van der Waals surface area contributed by atoms with Gasteiger partial charge in [0.1, 0.15) is 0 Å². The Bertz CT molecular complexity index is 450. The van der Waals surface area contributed by atoms with Crippen LogP contribution in [0.3, 0.4) is 0 Å². The molecule has 1 aliphatic heterocycles. The van der Waals surface area contributed by atoms with E-state index in [2.05, 4.69) is 29.1 Å². The number of aromatic nitrogens is 2. The van der Waals surface area contributed by atoms with Crippen molar-refractivity contribution in [3.05, 3.63) is 12.4 Å². The van der Waals surface area contributed by atoms with Gasteiger partial charge in [0.05, 0.1) is 25.5 Å². The van der Waals surface area contributed by atoms with Gasteiger partial charge in [0.2, 0.25) is 11.8 Å². The van der Waals surface area contributed by atoms with Gasteiger partial charge in [0.15, 0.2) is 5.82 Å². The normalized spacial score (nSPS) is 19.5. The van der Waals surface area contributed by atoms with Crippen LogP contribution in [0, 0.1) is 5.92 Å².